The lowest BCUT2D eigenvalue weighted by molar-refractivity contribution is 0.415. The second kappa shape index (κ2) is 6.81. The van der Waals surface area contributed by atoms with Gasteiger partial charge in [-0.25, -0.2) is 0 Å². The normalized spacial score (nSPS) is 16.6. The third kappa shape index (κ3) is 3.13. The molecule has 3 aromatic rings. The minimum absolute atomic E-state index is 0.209. The van der Waals surface area contributed by atoms with Gasteiger partial charge in [-0.3, -0.25) is 5.01 Å². The summed E-state index contributed by atoms with van der Waals surface area (Å²) < 4.78 is 5.26. The van der Waals surface area contributed by atoms with Gasteiger partial charge in [0.2, 0.25) is 0 Å². The van der Waals surface area contributed by atoms with E-state index in [2.05, 4.69) is 71.7 Å². The van der Waals surface area contributed by atoms with Crippen molar-refractivity contribution >= 4 is 11.4 Å². The Balaban J connectivity index is 1.71. The summed E-state index contributed by atoms with van der Waals surface area (Å²) in [7, 11) is 1.69. The Hall–Kier alpha value is -3.07. The Morgan fingerprint density at radius 1 is 0.840 bits per heavy atom. The molecule has 0 amide bonds. The number of hydrogen-bond acceptors (Lipinski definition) is 3. The van der Waals surface area contributed by atoms with Crippen LogP contribution in [0.3, 0.4) is 0 Å². The molecule has 1 aliphatic heterocycles. The van der Waals surface area contributed by atoms with Crippen LogP contribution in [0.2, 0.25) is 0 Å². The van der Waals surface area contributed by atoms with E-state index in [-0.39, 0.29) is 6.04 Å². The number of hydrogen-bond donors (Lipinski definition) is 0. The van der Waals surface area contributed by atoms with Gasteiger partial charge in [0.25, 0.3) is 0 Å². The highest BCUT2D eigenvalue weighted by atomic mass is 16.5. The van der Waals surface area contributed by atoms with Crippen molar-refractivity contribution in [2.75, 3.05) is 12.1 Å². The monoisotopic (exact) mass is 328 g/mol. The largest absolute Gasteiger partial charge is 0.497 e. The van der Waals surface area contributed by atoms with Crippen LogP contribution in [0.5, 0.6) is 5.75 Å². The Morgan fingerprint density at radius 3 is 2.12 bits per heavy atom. The molecule has 0 N–H and O–H groups in total. The average molecular weight is 328 g/mol. The maximum Gasteiger partial charge on any atom is 0.118 e. The van der Waals surface area contributed by atoms with E-state index >= 15 is 0 Å². The molecule has 0 saturated heterocycles. The summed E-state index contributed by atoms with van der Waals surface area (Å²) in [4.78, 5) is 0. The molecule has 3 nitrogen and oxygen atoms in total. The topological polar surface area (TPSA) is 24.8 Å². The summed E-state index contributed by atoms with van der Waals surface area (Å²) in [5, 5.41) is 7.08. The molecule has 0 saturated carbocycles. The molecular weight excluding hydrogens is 308 g/mol. The number of ether oxygens (including phenoxy) is 1. The Morgan fingerprint density at radius 2 is 1.48 bits per heavy atom. The summed E-state index contributed by atoms with van der Waals surface area (Å²) in [6, 6.07) is 29.3. The molecule has 1 aliphatic rings. The Kier molecular flexibility index (Phi) is 4.21. The van der Waals surface area contributed by atoms with Crippen LogP contribution in [0.25, 0.3) is 0 Å². The fourth-order valence-electron chi connectivity index (χ4n) is 3.22. The van der Waals surface area contributed by atoms with Crippen LogP contribution in [-0.2, 0) is 0 Å². The minimum atomic E-state index is 0.209. The zero-order chi connectivity index (χ0) is 17.1. The SMILES string of the molecule is COc1ccc(C2=NN(c3ccccc3)[C@@H](c3ccccc3)C2)cc1. The van der Waals surface area contributed by atoms with Gasteiger partial charge in [0.15, 0.2) is 0 Å². The average Bonchev–Trinajstić information content (AvgIpc) is 3.15. The van der Waals surface area contributed by atoms with E-state index in [1.165, 1.54) is 5.56 Å². The lowest BCUT2D eigenvalue weighted by Crippen LogP contribution is -2.18. The summed E-state index contributed by atoms with van der Waals surface area (Å²) in [6.45, 7) is 0. The van der Waals surface area contributed by atoms with Crippen LogP contribution in [0, 0.1) is 0 Å². The summed E-state index contributed by atoms with van der Waals surface area (Å²) in [5.74, 6) is 0.863. The van der Waals surface area contributed by atoms with Gasteiger partial charge in [-0.05, 0) is 47.5 Å². The van der Waals surface area contributed by atoms with Crippen molar-refractivity contribution < 1.29 is 4.74 Å². The van der Waals surface area contributed by atoms with Crippen molar-refractivity contribution in [1.29, 1.82) is 0 Å². The first kappa shape index (κ1) is 15.5. The molecule has 0 unspecified atom stereocenters. The number of rotatable bonds is 4. The van der Waals surface area contributed by atoms with E-state index in [0.717, 1.165) is 29.1 Å². The predicted molar refractivity (Wildman–Crippen MR) is 102 cm³/mol. The molecule has 1 heterocycles. The lowest BCUT2D eigenvalue weighted by Gasteiger charge is -2.23. The fourth-order valence-corrected chi connectivity index (χ4v) is 3.22. The standard InChI is InChI=1S/C22H20N2O/c1-25-20-14-12-17(13-15-20)21-16-22(18-8-4-2-5-9-18)24(23-21)19-10-6-3-7-11-19/h2-15,22H,16H2,1H3/t22-/m1/s1. The van der Waals surface area contributed by atoms with Crippen LogP contribution in [-0.4, -0.2) is 12.8 Å². The van der Waals surface area contributed by atoms with Gasteiger partial charge in [-0.2, -0.15) is 5.10 Å². The predicted octanol–water partition coefficient (Wildman–Crippen LogP) is 5.05. The highest BCUT2D eigenvalue weighted by Gasteiger charge is 2.29. The Labute approximate surface area is 148 Å². The zero-order valence-electron chi connectivity index (χ0n) is 14.2. The molecule has 4 rings (SSSR count). The van der Waals surface area contributed by atoms with E-state index in [1.807, 2.05) is 18.2 Å². The summed E-state index contributed by atoms with van der Waals surface area (Å²) in [5.41, 5.74) is 4.62. The number of nitrogens with zero attached hydrogens (tertiary/aromatic N) is 2. The zero-order valence-corrected chi connectivity index (χ0v) is 14.2. The van der Waals surface area contributed by atoms with Crippen molar-refractivity contribution in [2.24, 2.45) is 5.10 Å². The maximum atomic E-state index is 5.26. The first-order valence-electron chi connectivity index (χ1n) is 8.46. The van der Waals surface area contributed by atoms with Crippen LogP contribution in [0.1, 0.15) is 23.6 Å². The van der Waals surface area contributed by atoms with Crippen LogP contribution in [0.4, 0.5) is 5.69 Å². The van der Waals surface area contributed by atoms with Gasteiger partial charge in [0, 0.05) is 6.42 Å². The number of methoxy groups -OCH3 is 1. The van der Waals surface area contributed by atoms with Gasteiger partial charge in [-0.1, -0.05) is 48.5 Å². The van der Waals surface area contributed by atoms with Gasteiger partial charge < -0.3 is 4.74 Å². The van der Waals surface area contributed by atoms with Crippen molar-refractivity contribution in [3.8, 4) is 5.75 Å². The van der Waals surface area contributed by atoms with Crippen LogP contribution >= 0.6 is 0 Å². The number of hydrazone groups is 1. The highest BCUT2D eigenvalue weighted by molar-refractivity contribution is 6.03. The maximum absolute atomic E-state index is 5.26. The van der Waals surface area contributed by atoms with E-state index in [4.69, 9.17) is 9.84 Å². The van der Waals surface area contributed by atoms with Gasteiger partial charge in [0.1, 0.15) is 5.75 Å². The number of para-hydroxylation sites is 1. The molecule has 0 bridgehead atoms. The minimum Gasteiger partial charge on any atom is -0.497 e. The fraction of sp³-hybridized carbons (Fsp3) is 0.136. The number of anilines is 1. The van der Waals surface area contributed by atoms with Crippen LogP contribution < -0.4 is 9.75 Å². The van der Waals surface area contributed by atoms with Crippen LogP contribution in [0.15, 0.2) is 90.0 Å². The van der Waals surface area contributed by atoms with Gasteiger partial charge in [0.05, 0.1) is 24.6 Å². The summed E-state index contributed by atoms with van der Waals surface area (Å²) >= 11 is 0. The smallest absolute Gasteiger partial charge is 0.118 e. The first-order valence-corrected chi connectivity index (χ1v) is 8.46. The van der Waals surface area contributed by atoms with Crippen molar-refractivity contribution in [1.82, 2.24) is 0 Å². The van der Waals surface area contributed by atoms with Crippen molar-refractivity contribution in [2.45, 2.75) is 12.5 Å². The summed E-state index contributed by atoms with van der Waals surface area (Å²) in [6.07, 6.45) is 0.880. The molecule has 0 radical (unpaired) electrons. The second-order valence-electron chi connectivity index (χ2n) is 6.09. The van der Waals surface area contributed by atoms with E-state index in [0.29, 0.717) is 0 Å². The third-order valence-corrected chi connectivity index (χ3v) is 4.54. The molecule has 0 aromatic heterocycles. The quantitative estimate of drug-likeness (QED) is 0.669. The molecule has 3 heteroatoms. The Bertz CT molecular complexity index is 858. The van der Waals surface area contributed by atoms with Crippen molar-refractivity contribution in [3.63, 3.8) is 0 Å². The third-order valence-electron chi connectivity index (χ3n) is 4.54. The lowest BCUT2D eigenvalue weighted by atomic mass is 9.98. The van der Waals surface area contributed by atoms with E-state index in [1.54, 1.807) is 7.11 Å². The van der Waals surface area contributed by atoms with Gasteiger partial charge in [-0.15, -0.1) is 0 Å². The molecular formula is C22H20N2O. The molecule has 3 aromatic carbocycles. The van der Waals surface area contributed by atoms with E-state index < -0.39 is 0 Å². The molecule has 25 heavy (non-hydrogen) atoms. The molecule has 0 spiro atoms. The van der Waals surface area contributed by atoms with Gasteiger partial charge >= 0.3 is 0 Å². The van der Waals surface area contributed by atoms with E-state index in [9.17, 15) is 0 Å². The molecule has 1 atom stereocenters. The molecule has 0 fully saturated rings. The first-order chi connectivity index (χ1) is 12.3. The number of benzene rings is 3. The molecule has 124 valence electrons. The highest BCUT2D eigenvalue weighted by Crippen LogP contribution is 2.36. The second-order valence-corrected chi connectivity index (χ2v) is 6.09. The van der Waals surface area contributed by atoms with Crippen molar-refractivity contribution in [3.05, 3.63) is 96.1 Å². The molecule has 0 aliphatic carbocycles.